The predicted molar refractivity (Wildman–Crippen MR) is 126 cm³/mol. The molecule has 0 spiro atoms. The van der Waals surface area contributed by atoms with E-state index in [9.17, 15) is 14.4 Å². The summed E-state index contributed by atoms with van der Waals surface area (Å²) in [7, 11) is 0. The number of rotatable bonds is 7. The lowest BCUT2D eigenvalue weighted by molar-refractivity contribution is -0.154. The average molecular weight is 474 g/mol. The van der Waals surface area contributed by atoms with Crippen LogP contribution in [0.15, 0.2) is 0 Å². The van der Waals surface area contributed by atoms with Gasteiger partial charge >= 0.3 is 11.9 Å². The Morgan fingerprint density at radius 2 is 1.67 bits per heavy atom. The van der Waals surface area contributed by atoms with Crippen LogP contribution in [0.5, 0.6) is 0 Å². The molecule has 0 aromatic carbocycles. The number of esters is 2. The summed E-state index contributed by atoms with van der Waals surface area (Å²) in [5.41, 5.74) is 1.59. The lowest BCUT2D eigenvalue weighted by Gasteiger charge is -2.56. The fraction of sp³-hybridized carbons (Fsp3) is 0.731. The second-order valence-corrected chi connectivity index (χ2v) is 12.3. The second-order valence-electron chi connectivity index (χ2n) is 11.2. The highest BCUT2D eigenvalue weighted by Crippen LogP contribution is 2.61. The Hall–Kier alpha value is -1.89. The summed E-state index contributed by atoms with van der Waals surface area (Å²) in [6.07, 6.45) is 11.5. The summed E-state index contributed by atoms with van der Waals surface area (Å²) in [5.74, 6) is 1.28. The number of carbonyl (C=O) groups is 3. The lowest BCUT2D eigenvalue weighted by atomic mass is 9.49. The van der Waals surface area contributed by atoms with Crippen LogP contribution in [0.4, 0.5) is 5.00 Å². The Kier molecular flexibility index (Phi) is 6.27. The minimum Gasteiger partial charge on any atom is -0.459 e. The summed E-state index contributed by atoms with van der Waals surface area (Å²) in [4.78, 5) is 39.2. The molecule has 7 heteroatoms. The van der Waals surface area contributed by atoms with E-state index < -0.39 is 11.9 Å². The summed E-state index contributed by atoms with van der Waals surface area (Å²) < 4.78 is 10.9. The van der Waals surface area contributed by atoms with Gasteiger partial charge < -0.3 is 14.8 Å². The van der Waals surface area contributed by atoms with Gasteiger partial charge in [0.15, 0.2) is 6.61 Å². The molecule has 1 aromatic rings. The number of amides is 1. The summed E-state index contributed by atoms with van der Waals surface area (Å²) >= 11 is 1.45. The number of ether oxygens (including phenoxy) is 2. The number of aryl methyl sites for hydroxylation is 1. The zero-order valence-electron chi connectivity index (χ0n) is 19.7. The third-order valence-corrected chi connectivity index (χ3v) is 9.23. The molecule has 1 heterocycles. The number of fused-ring (bicyclic) bond motifs is 1. The van der Waals surface area contributed by atoms with E-state index in [0.29, 0.717) is 17.0 Å². The van der Waals surface area contributed by atoms with Gasteiger partial charge in [-0.25, -0.2) is 4.79 Å². The molecule has 0 aliphatic heterocycles. The molecule has 1 amide bonds. The summed E-state index contributed by atoms with van der Waals surface area (Å²) in [5, 5.41) is 3.36. The van der Waals surface area contributed by atoms with Gasteiger partial charge in [0, 0.05) is 4.88 Å². The minimum absolute atomic E-state index is 0.100. The number of hydrogen-bond acceptors (Lipinski definition) is 6. The molecule has 4 fully saturated rings. The maximum absolute atomic E-state index is 12.8. The largest absolute Gasteiger partial charge is 0.459 e. The number of nitrogens with one attached hydrogen (secondary N) is 1. The maximum atomic E-state index is 12.8. The molecule has 0 saturated heterocycles. The van der Waals surface area contributed by atoms with Crippen LogP contribution in [-0.2, 0) is 31.9 Å². The molecular weight excluding hydrogens is 438 g/mol. The molecular formula is C26H35NO5S. The monoisotopic (exact) mass is 473 g/mol. The average Bonchev–Trinajstić information content (AvgIpc) is 3.08. The van der Waals surface area contributed by atoms with Gasteiger partial charge in [0.05, 0.1) is 18.1 Å². The number of anilines is 1. The normalized spacial score (nSPS) is 29.6. The van der Waals surface area contributed by atoms with Gasteiger partial charge in [-0.1, -0.05) is 0 Å². The quantitative estimate of drug-likeness (QED) is 0.545. The zero-order chi connectivity index (χ0) is 23.2. The van der Waals surface area contributed by atoms with Crippen molar-refractivity contribution >= 4 is 34.2 Å². The Morgan fingerprint density at radius 3 is 2.30 bits per heavy atom. The second kappa shape index (κ2) is 9.05. The first-order valence-corrected chi connectivity index (χ1v) is 13.4. The molecule has 6 nitrogen and oxygen atoms in total. The van der Waals surface area contributed by atoms with Crippen LogP contribution in [0, 0.1) is 23.2 Å². The number of carbonyl (C=O) groups excluding carboxylic acids is 3. The Bertz CT molecular complexity index is 913. The van der Waals surface area contributed by atoms with E-state index in [-0.39, 0.29) is 24.1 Å². The van der Waals surface area contributed by atoms with E-state index in [2.05, 4.69) is 5.32 Å². The molecule has 1 aromatic heterocycles. The highest BCUT2D eigenvalue weighted by molar-refractivity contribution is 7.17. The maximum Gasteiger partial charge on any atom is 0.341 e. The van der Waals surface area contributed by atoms with Crippen molar-refractivity contribution in [1.29, 1.82) is 0 Å². The van der Waals surface area contributed by atoms with E-state index in [4.69, 9.17) is 9.47 Å². The molecule has 0 atom stereocenters. The molecule has 0 unspecified atom stereocenters. The molecule has 0 radical (unpaired) electrons. The van der Waals surface area contributed by atoms with E-state index >= 15 is 0 Å². The molecule has 5 aliphatic rings. The van der Waals surface area contributed by atoms with Crippen LogP contribution >= 0.6 is 11.3 Å². The fourth-order valence-corrected chi connectivity index (χ4v) is 8.61. The van der Waals surface area contributed by atoms with Crippen LogP contribution in [0.1, 0.15) is 92.4 Å². The smallest absolute Gasteiger partial charge is 0.341 e. The van der Waals surface area contributed by atoms with Crippen molar-refractivity contribution in [3.8, 4) is 0 Å². The Morgan fingerprint density at radius 1 is 1.03 bits per heavy atom. The number of thiophene rings is 1. The van der Waals surface area contributed by atoms with Gasteiger partial charge in [-0.3, -0.25) is 9.59 Å². The van der Waals surface area contributed by atoms with E-state index in [1.54, 1.807) is 0 Å². The van der Waals surface area contributed by atoms with E-state index in [1.165, 1.54) is 30.6 Å². The van der Waals surface area contributed by atoms with Gasteiger partial charge in [-0.15, -0.1) is 11.3 Å². The van der Waals surface area contributed by atoms with Crippen molar-refractivity contribution in [2.75, 3.05) is 11.9 Å². The van der Waals surface area contributed by atoms with Gasteiger partial charge in [-0.05, 0) is 107 Å². The van der Waals surface area contributed by atoms with Crippen LogP contribution in [0.25, 0.3) is 0 Å². The first-order chi connectivity index (χ1) is 15.8. The molecule has 5 aliphatic carbocycles. The Balaban J connectivity index is 1.19. The van der Waals surface area contributed by atoms with E-state index in [1.807, 2.05) is 13.8 Å². The van der Waals surface area contributed by atoms with Crippen LogP contribution < -0.4 is 5.32 Å². The number of hydrogen-bond donors (Lipinski definition) is 1. The van der Waals surface area contributed by atoms with Crippen molar-refractivity contribution < 1.29 is 23.9 Å². The Labute approximate surface area is 199 Å². The topological polar surface area (TPSA) is 81.7 Å². The lowest BCUT2D eigenvalue weighted by Crippen LogP contribution is -2.47. The fourth-order valence-electron chi connectivity index (χ4n) is 7.32. The minimum atomic E-state index is -0.397. The third-order valence-electron chi connectivity index (χ3n) is 8.02. The van der Waals surface area contributed by atoms with Crippen LogP contribution in [0.2, 0.25) is 0 Å². The molecule has 6 rings (SSSR count). The molecule has 33 heavy (non-hydrogen) atoms. The van der Waals surface area contributed by atoms with Crippen LogP contribution in [-0.4, -0.2) is 30.6 Å². The van der Waals surface area contributed by atoms with Crippen molar-refractivity contribution in [2.24, 2.45) is 23.2 Å². The standard InChI is InChI=1S/C26H35NO5S/c1-15(2)32-25(30)23-19-5-3-4-6-20(19)33-24(23)27-21(28)14-31-22(29)13-26-10-16-7-17(11-26)9-18(8-16)12-26/h15-18H,3-14H2,1-2H3,(H,27,28). The SMILES string of the molecule is CC(C)OC(=O)c1c(NC(=O)COC(=O)CC23CC4CC(CC(C4)C2)C3)sc2c1CCCC2. The first-order valence-electron chi connectivity index (χ1n) is 12.6. The third kappa shape index (κ3) is 4.84. The van der Waals surface area contributed by atoms with Crippen molar-refractivity contribution in [3.05, 3.63) is 16.0 Å². The zero-order valence-corrected chi connectivity index (χ0v) is 20.6. The van der Waals surface area contributed by atoms with E-state index in [0.717, 1.165) is 73.1 Å². The summed E-state index contributed by atoms with van der Waals surface area (Å²) in [6.45, 7) is 3.32. The van der Waals surface area contributed by atoms with Gasteiger partial charge in [0.1, 0.15) is 5.00 Å². The highest BCUT2D eigenvalue weighted by atomic mass is 32.1. The highest BCUT2D eigenvalue weighted by Gasteiger charge is 2.51. The van der Waals surface area contributed by atoms with Crippen molar-refractivity contribution in [2.45, 2.75) is 90.6 Å². The van der Waals surface area contributed by atoms with Crippen LogP contribution in [0.3, 0.4) is 0 Å². The molecule has 4 saturated carbocycles. The molecule has 4 bridgehead atoms. The van der Waals surface area contributed by atoms with Crippen molar-refractivity contribution in [3.63, 3.8) is 0 Å². The molecule has 1 N–H and O–H groups in total. The molecule has 180 valence electrons. The van der Waals surface area contributed by atoms with Gasteiger partial charge in [0.2, 0.25) is 0 Å². The summed E-state index contributed by atoms with van der Waals surface area (Å²) in [6, 6.07) is 0. The van der Waals surface area contributed by atoms with Crippen molar-refractivity contribution in [1.82, 2.24) is 0 Å². The van der Waals surface area contributed by atoms with Gasteiger partial charge in [0.25, 0.3) is 5.91 Å². The van der Waals surface area contributed by atoms with Gasteiger partial charge in [-0.2, -0.15) is 0 Å². The predicted octanol–water partition coefficient (Wildman–Crippen LogP) is 5.28. The first kappa shape index (κ1) is 22.9.